The molecule has 13 heavy (non-hydrogen) atoms. The van der Waals surface area contributed by atoms with Crippen LogP contribution >= 0.6 is 0 Å². The first-order chi connectivity index (χ1) is 6.33. The highest BCUT2D eigenvalue weighted by molar-refractivity contribution is 5.49. The van der Waals surface area contributed by atoms with E-state index in [1.165, 1.54) is 0 Å². The highest BCUT2D eigenvalue weighted by Gasteiger charge is 1.92. The molecule has 0 aliphatic rings. The number of anilines is 1. The standard InChI is InChI=1S/C10H13NO2/c11-9-3-5-10(6-4-9)13-8-2-1-7-12/h3-7H,1-2,8,11H2. The minimum atomic E-state index is 0.551. The molecule has 0 aliphatic carbocycles. The number of aldehydes is 1. The summed E-state index contributed by atoms with van der Waals surface area (Å²) in [6.07, 6.45) is 2.20. The molecule has 0 saturated heterocycles. The molecule has 0 bridgehead atoms. The van der Waals surface area contributed by atoms with Gasteiger partial charge in [-0.3, -0.25) is 0 Å². The van der Waals surface area contributed by atoms with E-state index < -0.39 is 0 Å². The van der Waals surface area contributed by atoms with Crippen LogP contribution in [-0.4, -0.2) is 12.9 Å². The molecule has 0 amide bonds. The van der Waals surface area contributed by atoms with Crippen LogP contribution in [0.2, 0.25) is 0 Å². The van der Waals surface area contributed by atoms with E-state index in [2.05, 4.69) is 0 Å². The molecule has 0 unspecified atom stereocenters. The Balaban J connectivity index is 2.28. The smallest absolute Gasteiger partial charge is 0.120 e. The summed E-state index contributed by atoms with van der Waals surface area (Å²) in [5.41, 5.74) is 6.22. The third-order valence-electron chi connectivity index (χ3n) is 1.62. The van der Waals surface area contributed by atoms with E-state index in [-0.39, 0.29) is 0 Å². The number of nitrogens with two attached hydrogens (primary N) is 1. The molecule has 3 heteroatoms. The molecule has 0 saturated carbocycles. The highest BCUT2D eigenvalue weighted by Crippen LogP contribution is 2.13. The summed E-state index contributed by atoms with van der Waals surface area (Å²) in [6.45, 7) is 0.572. The van der Waals surface area contributed by atoms with Crippen molar-refractivity contribution in [3.8, 4) is 5.75 Å². The molecule has 0 heterocycles. The molecular formula is C10H13NO2. The normalized spacial score (nSPS) is 9.54. The van der Waals surface area contributed by atoms with Gasteiger partial charge in [0.1, 0.15) is 12.0 Å². The quantitative estimate of drug-likeness (QED) is 0.424. The van der Waals surface area contributed by atoms with Gasteiger partial charge in [-0.2, -0.15) is 0 Å². The second kappa shape index (κ2) is 5.19. The number of unbranched alkanes of at least 4 members (excludes halogenated alkanes) is 1. The first-order valence-corrected chi connectivity index (χ1v) is 4.25. The Hall–Kier alpha value is -1.51. The van der Waals surface area contributed by atoms with Gasteiger partial charge in [0.15, 0.2) is 0 Å². The van der Waals surface area contributed by atoms with Crippen molar-refractivity contribution in [3.05, 3.63) is 24.3 Å². The first kappa shape index (κ1) is 9.58. The van der Waals surface area contributed by atoms with Crippen molar-refractivity contribution in [2.45, 2.75) is 12.8 Å². The summed E-state index contributed by atoms with van der Waals surface area (Å²) in [4.78, 5) is 9.99. The zero-order valence-electron chi connectivity index (χ0n) is 7.40. The second-order valence-electron chi connectivity index (χ2n) is 2.73. The number of ether oxygens (including phenoxy) is 1. The van der Waals surface area contributed by atoms with E-state index in [1.807, 2.05) is 12.1 Å². The summed E-state index contributed by atoms with van der Waals surface area (Å²) in [5, 5.41) is 0. The number of benzene rings is 1. The molecule has 0 spiro atoms. The van der Waals surface area contributed by atoms with E-state index in [1.54, 1.807) is 12.1 Å². The van der Waals surface area contributed by atoms with Gasteiger partial charge in [0.05, 0.1) is 6.61 Å². The molecule has 0 atom stereocenters. The molecule has 3 nitrogen and oxygen atoms in total. The molecule has 1 aromatic carbocycles. The van der Waals surface area contributed by atoms with Gasteiger partial charge in [0.25, 0.3) is 0 Å². The van der Waals surface area contributed by atoms with E-state index in [9.17, 15) is 4.79 Å². The molecule has 0 fully saturated rings. The molecular weight excluding hydrogens is 166 g/mol. The molecule has 0 aromatic heterocycles. The molecule has 0 aliphatic heterocycles. The van der Waals surface area contributed by atoms with Crippen molar-refractivity contribution in [2.75, 3.05) is 12.3 Å². The van der Waals surface area contributed by atoms with Crippen molar-refractivity contribution in [2.24, 2.45) is 0 Å². The summed E-state index contributed by atoms with van der Waals surface area (Å²) < 4.78 is 5.35. The third kappa shape index (κ3) is 3.60. The Morgan fingerprint density at radius 2 is 2.00 bits per heavy atom. The van der Waals surface area contributed by atoms with Crippen LogP contribution in [-0.2, 0) is 4.79 Å². The Labute approximate surface area is 77.5 Å². The van der Waals surface area contributed by atoms with Crippen LogP contribution in [0.3, 0.4) is 0 Å². The van der Waals surface area contributed by atoms with Gasteiger partial charge in [0.2, 0.25) is 0 Å². The zero-order chi connectivity index (χ0) is 9.52. The van der Waals surface area contributed by atoms with Crippen molar-refractivity contribution in [1.29, 1.82) is 0 Å². The van der Waals surface area contributed by atoms with Crippen molar-refractivity contribution in [1.82, 2.24) is 0 Å². The third-order valence-corrected chi connectivity index (χ3v) is 1.62. The summed E-state index contributed by atoms with van der Waals surface area (Å²) in [7, 11) is 0. The van der Waals surface area contributed by atoms with Crippen LogP contribution in [0.15, 0.2) is 24.3 Å². The maximum absolute atomic E-state index is 9.99. The van der Waals surface area contributed by atoms with Crippen LogP contribution < -0.4 is 10.5 Å². The van der Waals surface area contributed by atoms with Crippen LogP contribution in [0.4, 0.5) is 5.69 Å². The second-order valence-corrected chi connectivity index (χ2v) is 2.73. The summed E-state index contributed by atoms with van der Waals surface area (Å²) in [5.74, 6) is 0.792. The minimum absolute atomic E-state index is 0.551. The Morgan fingerprint density at radius 3 is 2.62 bits per heavy atom. The fraction of sp³-hybridized carbons (Fsp3) is 0.300. The maximum Gasteiger partial charge on any atom is 0.120 e. The summed E-state index contributed by atoms with van der Waals surface area (Å²) in [6, 6.07) is 7.20. The fourth-order valence-corrected chi connectivity index (χ4v) is 0.921. The van der Waals surface area contributed by atoms with Gasteiger partial charge in [-0.25, -0.2) is 0 Å². The van der Waals surface area contributed by atoms with Crippen LogP contribution in [0.1, 0.15) is 12.8 Å². The van der Waals surface area contributed by atoms with E-state index in [0.29, 0.717) is 13.0 Å². The van der Waals surface area contributed by atoms with E-state index in [4.69, 9.17) is 10.5 Å². The molecule has 1 aromatic rings. The zero-order valence-corrected chi connectivity index (χ0v) is 7.40. The number of carbonyl (C=O) groups excluding carboxylic acids is 1. The largest absolute Gasteiger partial charge is 0.494 e. The summed E-state index contributed by atoms with van der Waals surface area (Å²) >= 11 is 0. The molecule has 1 rings (SSSR count). The number of nitrogen functional groups attached to an aromatic ring is 1. The Morgan fingerprint density at radius 1 is 1.31 bits per heavy atom. The Kier molecular flexibility index (Phi) is 3.82. The number of hydrogen-bond acceptors (Lipinski definition) is 3. The highest BCUT2D eigenvalue weighted by atomic mass is 16.5. The van der Waals surface area contributed by atoms with E-state index in [0.717, 1.165) is 24.1 Å². The van der Waals surface area contributed by atoms with Gasteiger partial charge >= 0.3 is 0 Å². The van der Waals surface area contributed by atoms with Crippen molar-refractivity contribution in [3.63, 3.8) is 0 Å². The van der Waals surface area contributed by atoms with Gasteiger partial charge in [-0.05, 0) is 30.7 Å². The lowest BCUT2D eigenvalue weighted by Gasteiger charge is -2.04. The predicted octanol–water partition coefficient (Wildman–Crippen LogP) is 1.63. The minimum Gasteiger partial charge on any atom is -0.494 e. The number of hydrogen-bond donors (Lipinski definition) is 1. The lowest BCUT2D eigenvalue weighted by atomic mass is 10.3. The average Bonchev–Trinajstić information content (AvgIpc) is 2.15. The lowest BCUT2D eigenvalue weighted by molar-refractivity contribution is -0.108. The molecule has 0 radical (unpaired) electrons. The fourth-order valence-electron chi connectivity index (χ4n) is 0.921. The SMILES string of the molecule is Nc1ccc(OCCCC=O)cc1. The number of carbonyl (C=O) groups is 1. The van der Waals surface area contributed by atoms with Gasteiger partial charge < -0.3 is 15.3 Å². The number of rotatable bonds is 5. The topological polar surface area (TPSA) is 52.3 Å². The van der Waals surface area contributed by atoms with Crippen LogP contribution in [0.25, 0.3) is 0 Å². The maximum atomic E-state index is 9.99. The van der Waals surface area contributed by atoms with E-state index >= 15 is 0 Å². The Bertz CT molecular complexity index is 256. The van der Waals surface area contributed by atoms with Crippen molar-refractivity contribution < 1.29 is 9.53 Å². The van der Waals surface area contributed by atoms with Crippen LogP contribution in [0.5, 0.6) is 5.75 Å². The predicted molar refractivity (Wildman–Crippen MR) is 51.6 cm³/mol. The van der Waals surface area contributed by atoms with Crippen molar-refractivity contribution >= 4 is 12.0 Å². The van der Waals surface area contributed by atoms with Gasteiger partial charge in [-0.1, -0.05) is 0 Å². The average molecular weight is 179 g/mol. The van der Waals surface area contributed by atoms with Gasteiger partial charge in [-0.15, -0.1) is 0 Å². The monoisotopic (exact) mass is 179 g/mol. The first-order valence-electron chi connectivity index (χ1n) is 4.25. The van der Waals surface area contributed by atoms with Gasteiger partial charge in [0, 0.05) is 12.1 Å². The van der Waals surface area contributed by atoms with Crippen LogP contribution in [0, 0.1) is 0 Å². The molecule has 70 valence electrons. The molecule has 2 N–H and O–H groups in total. The lowest BCUT2D eigenvalue weighted by Crippen LogP contribution is -1.97.